The number of fused-ring (bicyclic) bond motifs is 1. The van der Waals surface area contributed by atoms with Crippen molar-refractivity contribution in [3.05, 3.63) is 29.9 Å². The maximum atomic E-state index is 13.1. The van der Waals surface area contributed by atoms with E-state index in [2.05, 4.69) is 17.2 Å². The lowest BCUT2D eigenvalue weighted by Crippen LogP contribution is -2.36. The Kier molecular flexibility index (Phi) is 2.40. The summed E-state index contributed by atoms with van der Waals surface area (Å²) in [5.41, 5.74) is 1.10. The summed E-state index contributed by atoms with van der Waals surface area (Å²) in [7, 11) is 0. The summed E-state index contributed by atoms with van der Waals surface area (Å²) in [5.74, 6) is 0.417. The van der Waals surface area contributed by atoms with Gasteiger partial charge in [0.25, 0.3) is 0 Å². The Hall–Kier alpha value is -1.42. The molecule has 3 rings (SSSR count). The van der Waals surface area contributed by atoms with E-state index in [1.165, 1.54) is 12.1 Å². The zero-order valence-electron chi connectivity index (χ0n) is 9.79. The molecule has 1 saturated heterocycles. The van der Waals surface area contributed by atoms with E-state index in [4.69, 9.17) is 4.42 Å². The highest BCUT2D eigenvalue weighted by molar-refractivity contribution is 5.72. The van der Waals surface area contributed by atoms with Crippen LogP contribution in [0, 0.1) is 5.82 Å². The van der Waals surface area contributed by atoms with E-state index in [0.717, 1.165) is 25.8 Å². The SMILES string of the molecule is CCC1(c2nc3cc(F)ccc3o2)CCCN1. The third kappa shape index (κ3) is 1.63. The minimum absolute atomic E-state index is 0.157. The fourth-order valence-electron chi connectivity index (χ4n) is 2.55. The molecule has 0 radical (unpaired) electrons. The van der Waals surface area contributed by atoms with Gasteiger partial charge in [0.1, 0.15) is 11.3 Å². The number of hydrogen-bond donors (Lipinski definition) is 1. The molecule has 0 bridgehead atoms. The van der Waals surface area contributed by atoms with Crippen molar-refractivity contribution in [2.45, 2.75) is 31.7 Å². The molecule has 17 heavy (non-hydrogen) atoms. The first-order chi connectivity index (χ1) is 8.23. The minimum Gasteiger partial charge on any atom is -0.439 e. The van der Waals surface area contributed by atoms with Gasteiger partial charge in [-0.25, -0.2) is 9.37 Å². The predicted octanol–water partition coefficient (Wildman–Crippen LogP) is 2.96. The average molecular weight is 234 g/mol. The van der Waals surface area contributed by atoms with Crippen LogP contribution in [0.1, 0.15) is 32.1 Å². The van der Waals surface area contributed by atoms with Crippen molar-refractivity contribution in [3.63, 3.8) is 0 Å². The monoisotopic (exact) mass is 234 g/mol. The highest BCUT2D eigenvalue weighted by atomic mass is 19.1. The van der Waals surface area contributed by atoms with Crippen molar-refractivity contribution < 1.29 is 8.81 Å². The van der Waals surface area contributed by atoms with Crippen LogP contribution in [0.2, 0.25) is 0 Å². The van der Waals surface area contributed by atoms with E-state index in [-0.39, 0.29) is 11.4 Å². The number of aromatic nitrogens is 1. The van der Waals surface area contributed by atoms with Gasteiger partial charge in [0.05, 0.1) is 5.54 Å². The molecule has 1 unspecified atom stereocenters. The molecule has 1 aromatic heterocycles. The second-order valence-corrected chi connectivity index (χ2v) is 4.60. The predicted molar refractivity (Wildman–Crippen MR) is 63.2 cm³/mol. The molecule has 0 amide bonds. The number of hydrogen-bond acceptors (Lipinski definition) is 3. The summed E-state index contributed by atoms with van der Waals surface area (Å²) in [6, 6.07) is 4.46. The van der Waals surface area contributed by atoms with Gasteiger partial charge in [-0.2, -0.15) is 0 Å². The second-order valence-electron chi connectivity index (χ2n) is 4.60. The molecule has 2 heterocycles. The summed E-state index contributed by atoms with van der Waals surface area (Å²) in [5, 5.41) is 3.46. The summed E-state index contributed by atoms with van der Waals surface area (Å²) in [6.45, 7) is 3.11. The lowest BCUT2D eigenvalue weighted by Gasteiger charge is -2.23. The Morgan fingerprint density at radius 1 is 1.53 bits per heavy atom. The number of rotatable bonds is 2. The Morgan fingerprint density at radius 2 is 2.41 bits per heavy atom. The topological polar surface area (TPSA) is 38.1 Å². The molecule has 1 aliphatic rings. The van der Waals surface area contributed by atoms with E-state index >= 15 is 0 Å². The van der Waals surface area contributed by atoms with Gasteiger partial charge in [0.15, 0.2) is 5.58 Å². The molecule has 0 spiro atoms. The van der Waals surface area contributed by atoms with Crippen LogP contribution in [0.4, 0.5) is 4.39 Å². The van der Waals surface area contributed by atoms with E-state index in [1.54, 1.807) is 6.07 Å². The number of benzene rings is 1. The smallest absolute Gasteiger partial charge is 0.215 e. The molecular weight excluding hydrogens is 219 g/mol. The summed E-state index contributed by atoms with van der Waals surface area (Å²) in [4.78, 5) is 4.43. The van der Waals surface area contributed by atoms with Crippen LogP contribution >= 0.6 is 0 Å². The number of oxazole rings is 1. The molecule has 1 aromatic carbocycles. The first-order valence-corrected chi connectivity index (χ1v) is 6.05. The van der Waals surface area contributed by atoms with Gasteiger partial charge in [-0.05, 0) is 37.9 Å². The molecule has 90 valence electrons. The number of nitrogens with zero attached hydrogens (tertiary/aromatic N) is 1. The van der Waals surface area contributed by atoms with Crippen LogP contribution < -0.4 is 5.32 Å². The zero-order chi connectivity index (χ0) is 11.9. The van der Waals surface area contributed by atoms with Gasteiger partial charge < -0.3 is 9.73 Å². The van der Waals surface area contributed by atoms with Crippen LogP contribution in [0.15, 0.2) is 22.6 Å². The van der Waals surface area contributed by atoms with E-state index in [1.807, 2.05) is 0 Å². The highest BCUT2D eigenvalue weighted by Gasteiger charge is 2.38. The zero-order valence-corrected chi connectivity index (χ0v) is 9.79. The van der Waals surface area contributed by atoms with Gasteiger partial charge >= 0.3 is 0 Å². The molecule has 0 aliphatic carbocycles. The molecule has 4 heteroatoms. The molecule has 1 N–H and O–H groups in total. The Morgan fingerprint density at radius 3 is 3.12 bits per heavy atom. The molecule has 1 fully saturated rings. The van der Waals surface area contributed by atoms with Crippen molar-refractivity contribution in [2.24, 2.45) is 0 Å². The van der Waals surface area contributed by atoms with Crippen LogP contribution in [-0.4, -0.2) is 11.5 Å². The van der Waals surface area contributed by atoms with E-state index in [0.29, 0.717) is 17.0 Å². The van der Waals surface area contributed by atoms with Gasteiger partial charge in [0, 0.05) is 6.07 Å². The summed E-state index contributed by atoms with van der Waals surface area (Å²) in [6.07, 6.45) is 3.09. The molecule has 2 aromatic rings. The average Bonchev–Trinajstić information content (AvgIpc) is 2.94. The van der Waals surface area contributed by atoms with Crippen LogP contribution in [-0.2, 0) is 5.54 Å². The Labute approximate surface area is 99.0 Å². The van der Waals surface area contributed by atoms with Crippen LogP contribution in [0.25, 0.3) is 11.1 Å². The van der Waals surface area contributed by atoms with Crippen molar-refractivity contribution >= 4 is 11.1 Å². The van der Waals surface area contributed by atoms with Gasteiger partial charge in [-0.15, -0.1) is 0 Å². The Balaban J connectivity index is 2.11. The third-order valence-electron chi connectivity index (χ3n) is 3.61. The number of halogens is 1. The van der Waals surface area contributed by atoms with Crippen molar-refractivity contribution in [1.82, 2.24) is 10.3 Å². The summed E-state index contributed by atoms with van der Waals surface area (Å²) >= 11 is 0. The first kappa shape index (κ1) is 10.7. The fourth-order valence-corrected chi connectivity index (χ4v) is 2.55. The van der Waals surface area contributed by atoms with Crippen LogP contribution in [0.5, 0.6) is 0 Å². The third-order valence-corrected chi connectivity index (χ3v) is 3.61. The minimum atomic E-state index is -0.276. The largest absolute Gasteiger partial charge is 0.439 e. The molecular formula is C13H15FN2O. The standard InChI is InChI=1S/C13H15FN2O/c1-2-13(6-3-7-15-13)12-16-10-8-9(14)4-5-11(10)17-12/h4-5,8,15H,2-3,6-7H2,1H3. The highest BCUT2D eigenvalue weighted by Crippen LogP contribution is 2.35. The van der Waals surface area contributed by atoms with Gasteiger partial charge in [-0.3, -0.25) is 0 Å². The number of nitrogens with one attached hydrogen (secondary N) is 1. The normalized spacial score (nSPS) is 24.6. The second kappa shape index (κ2) is 3.81. The molecule has 0 saturated carbocycles. The molecule has 1 aliphatic heterocycles. The van der Waals surface area contributed by atoms with Gasteiger partial charge in [0.2, 0.25) is 5.89 Å². The molecule has 3 nitrogen and oxygen atoms in total. The van der Waals surface area contributed by atoms with Gasteiger partial charge in [-0.1, -0.05) is 6.92 Å². The quantitative estimate of drug-likeness (QED) is 0.868. The van der Waals surface area contributed by atoms with Crippen LogP contribution in [0.3, 0.4) is 0 Å². The van der Waals surface area contributed by atoms with Crippen molar-refractivity contribution in [1.29, 1.82) is 0 Å². The Bertz CT molecular complexity index is 543. The van der Waals surface area contributed by atoms with Crippen molar-refractivity contribution in [3.8, 4) is 0 Å². The summed E-state index contributed by atoms with van der Waals surface area (Å²) < 4.78 is 18.9. The lowest BCUT2D eigenvalue weighted by molar-refractivity contribution is 0.292. The van der Waals surface area contributed by atoms with E-state index in [9.17, 15) is 4.39 Å². The lowest BCUT2D eigenvalue weighted by atomic mass is 9.94. The maximum absolute atomic E-state index is 13.1. The van der Waals surface area contributed by atoms with E-state index < -0.39 is 0 Å². The van der Waals surface area contributed by atoms with Crippen molar-refractivity contribution in [2.75, 3.05) is 6.54 Å². The first-order valence-electron chi connectivity index (χ1n) is 6.05. The fraction of sp³-hybridized carbons (Fsp3) is 0.462. The molecule has 1 atom stereocenters. The maximum Gasteiger partial charge on any atom is 0.215 e.